The highest BCUT2D eigenvalue weighted by Crippen LogP contribution is 2.15. The smallest absolute Gasteiger partial charge is 0.407 e. The van der Waals surface area contributed by atoms with Crippen molar-refractivity contribution in [1.29, 1.82) is 0 Å². The molecule has 2 amide bonds. The van der Waals surface area contributed by atoms with Crippen LogP contribution in [0.5, 0.6) is 0 Å². The molecule has 0 bridgehead atoms. The van der Waals surface area contributed by atoms with Crippen LogP contribution >= 0.6 is 11.8 Å². The number of likely N-dealkylation sites (tertiary alicyclic amines) is 1. The fraction of sp³-hybridized carbons (Fsp3) is 0.818. The normalized spacial score (nSPS) is 27.9. The van der Waals surface area contributed by atoms with E-state index >= 15 is 0 Å². The van der Waals surface area contributed by atoms with Gasteiger partial charge in [0.05, 0.1) is 19.2 Å². The van der Waals surface area contributed by atoms with Gasteiger partial charge in [-0.15, -0.1) is 0 Å². The number of nitrogens with one attached hydrogen (secondary N) is 2. The summed E-state index contributed by atoms with van der Waals surface area (Å²) in [5.74, 6) is 2.05. The van der Waals surface area contributed by atoms with E-state index in [-0.39, 0.29) is 18.0 Å². The Labute approximate surface area is 111 Å². The molecule has 2 fully saturated rings. The van der Waals surface area contributed by atoms with Gasteiger partial charge in [0.25, 0.3) is 0 Å². The second-order valence-electron chi connectivity index (χ2n) is 4.49. The van der Waals surface area contributed by atoms with Crippen LogP contribution in [0.15, 0.2) is 0 Å². The van der Waals surface area contributed by atoms with E-state index in [1.54, 1.807) is 11.8 Å². The van der Waals surface area contributed by atoms with Crippen molar-refractivity contribution in [2.75, 3.05) is 38.2 Å². The summed E-state index contributed by atoms with van der Waals surface area (Å²) in [4.78, 5) is 25.1. The quantitative estimate of drug-likeness (QED) is 0.719. The van der Waals surface area contributed by atoms with E-state index in [9.17, 15) is 9.59 Å². The van der Waals surface area contributed by atoms with Crippen molar-refractivity contribution in [3.8, 4) is 0 Å². The van der Waals surface area contributed by atoms with Crippen LogP contribution in [0, 0.1) is 0 Å². The second kappa shape index (κ2) is 6.29. The van der Waals surface area contributed by atoms with Crippen molar-refractivity contribution < 1.29 is 14.3 Å². The maximum absolute atomic E-state index is 12.2. The fourth-order valence-corrected chi connectivity index (χ4v) is 3.17. The van der Waals surface area contributed by atoms with Crippen molar-refractivity contribution in [2.24, 2.45) is 0 Å². The predicted octanol–water partition coefficient (Wildman–Crippen LogP) is -0.352. The Morgan fingerprint density at radius 2 is 2.33 bits per heavy atom. The standard InChI is InChI=1S/C11H19N3O3S/c1-17-11(16)13-8-2-4-14(6-8)10(15)9-7-18-5-3-12-9/h8-9,12H,2-7H2,1H3,(H,13,16). The van der Waals surface area contributed by atoms with Gasteiger partial charge in [-0.3, -0.25) is 4.79 Å². The minimum Gasteiger partial charge on any atom is -0.453 e. The average Bonchev–Trinajstić information content (AvgIpc) is 2.87. The summed E-state index contributed by atoms with van der Waals surface area (Å²) in [6, 6.07) is -0.0572. The SMILES string of the molecule is COC(=O)NC1CCN(C(=O)C2CSCCN2)C1. The Bertz CT molecular complexity index is 321. The first-order valence-electron chi connectivity index (χ1n) is 6.15. The van der Waals surface area contributed by atoms with Crippen molar-refractivity contribution in [3.63, 3.8) is 0 Å². The summed E-state index contributed by atoms with van der Waals surface area (Å²) < 4.78 is 4.56. The molecule has 2 heterocycles. The van der Waals surface area contributed by atoms with Crippen LogP contribution in [0.1, 0.15) is 6.42 Å². The Hall–Kier alpha value is -0.950. The molecule has 2 rings (SSSR count). The van der Waals surface area contributed by atoms with E-state index in [0.717, 1.165) is 24.5 Å². The number of amides is 2. The minimum atomic E-state index is -0.430. The van der Waals surface area contributed by atoms with Gasteiger partial charge in [-0.1, -0.05) is 0 Å². The summed E-state index contributed by atoms with van der Waals surface area (Å²) in [6.45, 7) is 2.17. The molecule has 0 aromatic rings. The molecule has 18 heavy (non-hydrogen) atoms. The Morgan fingerprint density at radius 1 is 1.50 bits per heavy atom. The molecule has 0 spiro atoms. The molecule has 6 nitrogen and oxygen atoms in total. The van der Waals surface area contributed by atoms with E-state index in [4.69, 9.17) is 0 Å². The summed E-state index contributed by atoms with van der Waals surface area (Å²) in [6.07, 6.45) is 0.362. The number of alkyl carbamates (subject to hydrolysis) is 1. The Morgan fingerprint density at radius 3 is 3.00 bits per heavy atom. The van der Waals surface area contributed by atoms with Gasteiger partial charge < -0.3 is 20.3 Å². The van der Waals surface area contributed by atoms with Gasteiger partial charge in [0.1, 0.15) is 0 Å². The first-order chi connectivity index (χ1) is 8.70. The minimum absolute atomic E-state index is 0.0117. The van der Waals surface area contributed by atoms with Crippen LogP contribution in [0.3, 0.4) is 0 Å². The van der Waals surface area contributed by atoms with Crippen molar-refractivity contribution in [1.82, 2.24) is 15.5 Å². The molecule has 0 aromatic heterocycles. The Balaban J connectivity index is 1.80. The predicted molar refractivity (Wildman–Crippen MR) is 69.6 cm³/mol. The van der Waals surface area contributed by atoms with Crippen LogP contribution in [-0.2, 0) is 9.53 Å². The molecule has 102 valence electrons. The number of rotatable bonds is 2. The second-order valence-corrected chi connectivity index (χ2v) is 5.64. The van der Waals surface area contributed by atoms with Crippen LogP contribution < -0.4 is 10.6 Å². The number of methoxy groups -OCH3 is 1. The molecule has 2 saturated heterocycles. The van der Waals surface area contributed by atoms with E-state index in [2.05, 4.69) is 15.4 Å². The number of hydrogen-bond donors (Lipinski definition) is 2. The number of carbonyl (C=O) groups excluding carboxylic acids is 2. The summed E-state index contributed by atoms with van der Waals surface area (Å²) in [5, 5.41) is 5.97. The molecule has 0 aliphatic carbocycles. The van der Waals surface area contributed by atoms with Crippen LogP contribution in [-0.4, -0.2) is 67.2 Å². The van der Waals surface area contributed by atoms with Gasteiger partial charge in [0.15, 0.2) is 0 Å². The van der Waals surface area contributed by atoms with Crippen molar-refractivity contribution in [2.45, 2.75) is 18.5 Å². The molecule has 2 unspecified atom stereocenters. The maximum Gasteiger partial charge on any atom is 0.407 e. The first-order valence-corrected chi connectivity index (χ1v) is 7.30. The van der Waals surface area contributed by atoms with Gasteiger partial charge in [-0.25, -0.2) is 4.79 Å². The lowest BCUT2D eigenvalue weighted by Gasteiger charge is -2.27. The zero-order valence-electron chi connectivity index (χ0n) is 10.5. The maximum atomic E-state index is 12.2. The zero-order valence-corrected chi connectivity index (χ0v) is 11.3. The lowest BCUT2D eigenvalue weighted by Crippen LogP contribution is -2.50. The summed E-state index contributed by atoms with van der Waals surface area (Å²) in [5.41, 5.74) is 0. The van der Waals surface area contributed by atoms with Gasteiger partial charge in [-0.2, -0.15) is 11.8 Å². The van der Waals surface area contributed by atoms with Crippen molar-refractivity contribution >= 4 is 23.8 Å². The van der Waals surface area contributed by atoms with Crippen LogP contribution in [0.4, 0.5) is 4.79 Å². The molecule has 2 aliphatic heterocycles. The van der Waals surface area contributed by atoms with Gasteiger partial charge in [-0.05, 0) is 6.42 Å². The van der Waals surface area contributed by atoms with E-state index < -0.39 is 6.09 Å². The highest BCUT2D eigenvalue weighted by molar-refractivity contribution is 7.99. The molecular formula is C11H19N3O3S. The molecular weight excluding hydrogens is 254 g/mol. The zero-order chi connectivity index (χ0) is 13.0. The molecule has 0 saturated carbocycles. The third-order valence-corrected chi connectivity index (χ3v) is 4.29. The average molecular weight is 273 g/mol. The first kappa shape index (κ1) is 13.5. The monoisotopic (exact) mass is 273 g/mol. The summed E-state index contributed by atoms with van der Waals surface area (Å²) >= 11 is 1.81. The Kier molecular flexibility index (Phi) is 4.71. The molecule has 2 N–H and O–H groups in total. The molecule has 2 aliphatic rings. The highest BCUT2D eigenvalue weighted by atomic mass is 32.2. The van der Waals surface area contributed by atoms with E-state index in [1.165, 1.54) is 7.11 Å². The van der Waals surface area contributed by atoms with Gasteiger partial charge in [0.2, 0.25) is 5.91 Å². The third-order valence-electron chi connectivity index (χ3n) is 3.23. The van der Waals surface area contributed by atoms with Crippen LogP contribution in [0.2, 0.25) is 0 Å². The van der Waals surface area contributed by atoms with E-state index in [1.807, 2.05) is 4.90 Å². The fourth-order valence-electron chi connectivity index (χ4n) is 2.25. The molecule has 0 radical (unpaired) electrons. The van der Waals surface area contributed by atoms with E-state index in [0.29, 0.717) is 13.1 Å². The van der Waals surface area contributed by atoms with Gasteiger partial charge >= 0.3 is 6.09 Å². The lowest BCUT2D eigenvalue weighted by molar-refractivity contribution is -0.131. The number of carbonyl (C=O) groups is 2. The van der Waals surface area contributed by atoms with Crippen molar-refractivity contribution in [3.05, 3.63) is 0 Å². The number of thioether (sulfide) groups is 1. The number of ether oxygens (including phenoxy) is 1. The highest BCUT2D eigenvalue weighted by Gasteiger charge is 2.32. The molecule has 7 heteroatoms. The number of hydrogen-bond acceptors (Lipinski definition) is 5. The van der Waals surface area contributed by atoms with Gasteiger partial charge in [0, 0.05) is 31.1 Å². The number of nitrogens with zero attached hydrogens (tertiary/aromatic N) is 1. The molecule has 0 aromatic carbocycles. The molecule has 2 atom stereocenters. The lowest BCUT2D eigenvalue weighted by atomic mass is 10.2. The van der Waals surface area contributed by atoms with Crippen LogP contribution in [0.25, 0.3) is 0 Å². The largest absolute Gasteiger partial charge is 0.453 e. The summed E-state index contributed by atoms with van der Waals surface area (Å²) in [7, 11) is 1.34. The topological polar surface area (TPSA) is 70.7 Å². The third kappa shape index (κ3) is 3.29.